The van der Waals surface area contributed by atoms with E-state index < -0.39 is 47.7 Å². The summed E-state index contributed by atoms with van der Waals surface area (Å²) in [6.07, 6.45) is -1.90. The maximum absolute atomic E-state index is 12.7. The van der Waals surface area contributed by atoms with E-state index in [0.29, 0.717) is 22.1 Å². The van der Waals surface area contributed by atoms with E-state index in [9.17, 15) is 14.4 Å². The average Bonchev–Trinajstić information content (AvgIpc) is 3.21. The summed E-state index contributed by atoms with van der Waals surface area (Å²) in [5.74, 6) is -0.523. The van der Waals surface area contributed by atoms with Crippen LogP contribution in [0, 0.1) is 6.92 Å². The predicted octanol–water partition coefficient (Wildman–Crippen LogP) is 3.52. The number of fused-ring (bicyclic) bond motifs is 2. The topological polar surface area (TPSA) is 126 Å². The van der Waals surface area contributed by atoms with Crippen LogP contribution < -0.4 is 10.9 Å². The third kappa shape index (κ3) is 3.94. The van der Waals surface area contributed by atoms with Gasteiger partial charge in [-0.2, -0.15) is 0 Å². The van der Waals surface area contributed by atoms with Crippen molar-refractivity contribution < 1.29 is 33.0 Å². The fourth-order valence-electron chi connectivity index (χ4n) is 4.79. The molecule has 1 amide bonds. The van der Waals surface area contributed by atoms with Crippen molar-refractivity contribution in [2.24, 2.45) is 0 Å². The van der Waals surface area contributed by atoms with Crippen LogP contribution in [0.1, 0.15) is 41.6 Å². The molecule has 2 fully saturated rings. The number of ether oxygens (including phenoxy) is 4. The van der Waals surface area contributed by atoms with Gasteiger partial charge in [-0.05, 0) is 50.1 Å². The molecule has 3 aromatic rings. The summed E-state index contributed by atoms with van der Waals surface area (Å²) in [5, 5.41) is 3.15. The van der Waals surface area contributed by atoms with Crippen molar-refractivity contribution in [3.8, 4) is 0 Å². The number of carbonyl (C=O) groups excluding carboxylic acids is 2. The van der Waals surface area contributed by atoms with Crippen LogP contribution in [0.4, 0.5) is 10.5 Å². The first kappa shape index (κ1) is 23.0. The van der Waals surface area contributed by atoms with Crippen LogP contribution in [-0.4, -0.2) is 48.1 Å². The second-order valence-corrected chi connectivity index (χ2v) is 9.03. The number of aryl methyl sites for hydroxylation is 1. The molecule has 0 spiro atoms. The third-order valence-electron chi connectivity index (χ3n) is 6.40. The Kier molecular flexibility index (Phi) is 5.57. The van der Waals surface area contributed by atoms with Gasteiger partial charge in [-0.1, -0.05) is 18.2 Å². The lowest BCUT2D eigenvalue weighted by Gasteiger charge is -2.46. The minimum Gasteiger partial charge on any atom is -0.424 e. The van der Waals surface area contributed by atoms with Gasteiger partial charge in [0, 0.05) is 18.7 Å². The monoisotopic (exact) mass is 480 g/mol. The second kappa shape index (κ2) is 8.47. The Morgan fingerprint density at radius 3 is 2.60 bits per heavy atom. The van der Waals surface area contributed by atoms with Gasteiger partial charge in [0.1, 0.15) is 29.2 Å². The molecule has 1 aromatic carbocycles. The molecule has 2 aromatic heterocycles. The van der Waals surface area contributed by atoms with Crippen molar-refractivity contribution in [3.05, 3.63) is 69.8 Å². The zero-order valence-corrected chi connectivity index (χ0v) is 19.6. The Morgan fingerprint density at radius 2 is 1.89 bits per heavy atom. The number of hydrogen-bond acceptors (Lipinski definition) is 9. The quantitative estimate of drug-likeness (QED) is 0.441. The maximum atomic E-state index is 12.7. The Hall–Kier alpha value is -3.76. The largest absolute Gasteiger partial charge is 0.509 e. The molecule has 0 radical (unpaired) electrons. The first-order valence-corrected chi connectivity index (χ1v) is 11.1. The smallest absolute Gasteiger partial charge is 0.424 e. The molecule has 2 saturated heterocycles. The van der Waals surface area contributed by atoms with Crippen LogP contribution >= 0.6 is 0 Å². The molecule has 35 heavy (non-hydrogen) atoms. The molecule has 0 aliphatic carbocycles. The molecule has 2 aliphatic heterocycles. The molecule has 0 unspecified atom stereocenters. The van der Waals surface area contributed by atoms with Gasteiger partial charge < -0.3 is 28.7 Å². The number of methoxy groups -OCH3 is 1. The van der Waals surface area contributed by atoms with E-state index in [1.165, 1.54) is 13.3 Å². The number of anilines is 1. The van der Waals surface area contributed by atoms with E-state index >= 15 is 0 Å². The fraction of sp³-hybridized carbons (Fsp3) is 0.360. The highest BCUT2D eigenvalue weighted by molar-refractivity contribution is 6.03. The molecule has 182 valence electrons. The van der Waals surface area contributed by atoms with E-state index in [1.807, 2.05) is 19.9 Å². The molecule has 0 saturated carbocycles. The number of pyridine rings is 1. The van der Waals surface area contributed by atoms with Crippen LogP contribution in [0.3, 0.4) is 0 Å². The molecule has 2 aliphatic rings. The van der Waals surface area contributed by atoms with Gasteiger partial charge in [-0.15, -0.1) is 0 Å². The number of carbonyl (C=O) groups is 2. The summed E-state index contributed by atoms with van der Waals surface area (Å²) in [6.45, 7) is 5.49. The van der Waals surface area contributed by atoms with Crippen LogP contribution in [0.15, 0.2) is 51.8 Å². The first-order valence-electron chi connectivity index (χ1n) is 11.1. The molecule has 0 bridgehead atoms. The summed E-state index contributed by atoms with van der Waals surface area (Å²) in [6, 6.07) is 10.0. The van der Waals surface area contributed by atoms with Crippen LogP contribution in [0.2, 0.25) is 0 Å². The highest BCUT2D eigenvalue weighted by Gasteiger charge is 2.58. The van der Waals surface area contributed by atoms with Gasteiger partial charge in [0.2, 0.25) is 0 Å². The third-order valence-corrected chi connectivity index (χ3v) is 6.40. The lowest BCUT2D eigenvalue weighted by molar-refractivity contribution is -0.237. The molecular formula is C25H24N2O8. The maximum Gasteiger partial charge on any atom is 0.509 e. The Morgan fingerprint density at radius 1 is 1.11 bits per heavy atom. The zero-order valence-electron chi connectivity index (χ0n) is 19.6. The Bertz CT molecular complexity index is 1370. The summed E-state index contributed by atoms with van der Waals surface area (Å²) in [4.78, 5) is 41.1. The van der Waals surface area contributed by atoms with Crippen LogP contribution in [0.5, 0.6) is 0 Å². The van der Waals surface area contributed by atoms with Gasteiger partial charge in [-0.3, -0.25) is 9.78 Å². The summed E-state index contributed by atoms with van der Waals surface area (Å²) in [5.41, 5.74) is 0.322. The van der Waals surface area contributed by atoms with Crippen molar-refractivity contribution in [3.63, 3.8) is 0 Å². The molecular weight excluding hydrogens is 456 g/mol. The SMILES string of the molecule is CO[C@@H]1[C@H]2OC(=O)O[C@H]2[C@H](c2ccc3cc(NC(=O)c4ccccn4)c(=O)oc3c2C)OC1(C)C. The number of hydrogen-bond donors (Lipinski definition) is 1. The fourth-order valence-corrected chi connectivity index (χ4v) is 4.79. The zero-order chi connectivity index (χ0) is 24.9. The number of nitrogens with one attached hydrogen (secondary N) is 1. The van der Waals surface area contributed by atoms with Gasteiger partial charge in [0.05, 0.1) is 5.60 Å². The van der Waals surface area contributed by atoms with Crippen LogP contribution in [-0.2, 0) is 18.9 Å². The lowest BCUT2D eigenvalue weighted by Crippen LogP contribution is -2.58. The highest BCUT2D eigenvalue weighted by atomic mass is 16.8. The van der Waals surface area contributed by atoms with Crippen molar-refractivity contribution in [1.29, 1.82) is 0 Å². The summed E-state index contributed by atoms with van der Waals surface area (Å²) >= 11 is 0. The van der Waals surface area contributed by atoms with E-state index in [1.54, 1.807) is 37.3 Å². The van der Waals surface area contributed by atoms with E-state index in [2.05, 4.69) is 10.3 Å². The molecule has 4 heterocycles. The number of rotatable bonds is 4. The number of benzene rings is 1. The summed E-state index contributed by atoms with van der Waals surface area (Å²) in [7, 11) is 1.53. The van der Waals surface area contributed by atoms with Gasteiger partial charge in [0.25, 0.3) is 5.91 Å². The normalized spacial score (nSPS) is 25.0. The molecule has 10 heteroatoms. The Labute approximate surface area is 200 Å². The minimum absolute atomic E-state index is 0.00326. The van der Waals surface area contributed by atoms with Crippen LogP contribution in [0.25, 0.3) is 11.0 Å². The van der Waals surface area contributed by atoms with Crippen molar-refractivity contribution in [1.82, 2.24) is 4.98 Å². The molecule has 4 atom stereocenters. The standard InChI is InChI=1S/C25H24N2O8/c1-12-14(18-19-20(34-24(30)33-19)21(31-4)25(2,3)35-18)9-8-13-11-16(23(29)32-17(12)13)27-22(28)15-7-5-6-10-26-15/h5-11,18-21H,1-4H3,(H,27,28)/t18-,19-,20-,21+/m0/s1. The molecule has 1 N–H and O–H groups in total. The molecule has 5 rings (SSSR count). The van der Waals surface area contributed by atoms with Gasteiger partial charge in [-0.25, -0.2) is 9.59 Å². The minimum atomic E-state index is -0.795. The van der Waals surface area contributed by atoms with E-state index in [4.69, 9.17) is 23.4 Å². The van der Waals surface area contributed by atoms with Crippen molar-refractivity contribution >= 4 is 28.7 Å². The van der Waals surface area contributed by atoms with E-state index in [0.717, 1.165) is 0 Å². The predicted molar refractivity (Wildman–Crippen MR) is 123 cm³/mol. The number of amides is 1. The average molecular weight is 480 g/mol. The second-order valence-electron chi connectivity index (χ2n) is 9.03. The first-order chi connectivity index (χ1) is 16.7. The summed E-state index contributed by atoms with van der Waals surface area (Å²) < 4.78 is 28.4. The van der Waals surface area contributed by atoms with Gasteiger partial charge >= 0.3 is 11.8 Å². The van der Waals surface area contributed by atoms with Gasteiger partial charge in [0.15, 0.2) is 12.2 Å². The molecule has 10 nitrogen and oxygen atoms in total. The van der Waals surface area contributed by atoms with E-state index in [-0.39, 0.29) is 11.4 Å². The Balaban J connectivity index is 1.51. The van der Waals surface area contributed by atoms with Crippen molar-refractivity contribution in [2.45, 2.75) is 50.8 Å². The lowest BCUT2D eigenvalue weighted by atomic mass is 9.84. The number of nitrogens with zero attached hydrogens (tertiary/aromatic N) is 1. The van der Waals surface area contributed by atoms with Crippen molar-refractivity contribution in [2.75, 3.05) is 12.4 Å². The number of aromatic nitrogens is 1. The highest BCUT2D eigenvalue weighted by Crippen LogP contribution is 2.45.